The summed E-state index contributed by atoms with van der Waals surface area (Å²) in [4.78, 5) is 11.9. The Morgan fingerprint density at radius 2 is 2.11 bits per heavy atom. The van der Waals surface area contributed by atoms with Crippen molar-refractivity contribution in [2.75, 3.05) is 31.1 Å². The van der Waals surface area contributed by atoms with E-state index < -0.39 is 0 Å². The number of benzene rings is 1. The van der Waals surface area contributed by atoms with Crippen LogP contribution in [0, 0.1) is 0 Å². The van der Waals surface area contributed by atoms with Crippen LogP contribution in [0.5, 0.6) is 0 Å². The number of hydrogen-bond donors (Lipinski definition) is 2. The Hall–Kier alpha value is -1.98. The molecule has 5 rings (SSSR count). The number of nitrogens with two attached hydrogens (primary N) is 1. The largest absolute Gasteiger partial charge is 0.330 e. The zero-order valence-electron chi connectivity index (χ0n) is 16.2. The monoisotopic (exact) mass is 363 g/mol. The van der Waals surface area contributed by atoms with Crippen molar-refractivity contribution in [1.29, 1.82) is 0 Å². The van der Waals surface area contributed by atoms with Gasteiger partial charge in [0.25, 0.3) is 0 Å². The minimum absolute atomic E-state index is 0.227. The minimum Gasteiger partial charge on any atom is -0.330 e. The van der Waals surface area contributed by atoms with Crippen LogP contribution in [0.2, 0.25) is 0 Å². The molecule has 5 nitrogen and oxygen atoms in total. The summed E-state index contributed by atoms with van der Waals surface area (Å²) >= 11 is 0. The van der Waals surface area contributed by atoms with E-state index in [1.165, 1.54) is 47.3 Å². The number of piperidine rings is 1. The second kappa shape index (κ2) is 6.57. The number of anilines is 2. The third kappa shape index (κ3) is 2.67. The number of nitrogens with zero attached hydrogens (tertiary/aromatic N) is 3. The molecule has 2 aliphatic heterocycles. The molecule has 0 saturated carbocycles. The number of aryl methyl sites for hydroxylation is 1. The molecule has 0 bridgehead atoms. The van der Waals surface area contributed by atoms with Crippen molar-refractivity contribution in [3.05, 3.63) is 46.9 Å². The molecule has 1 aromatic carbocycles. The molecular weight excluding hydrogens is 334 g/mol. The first-order valence-electron chi connectivity index (χ1n) is 10.4. The Morgan fingerprint density at radius 1 is 1.26 bits per heavy atom. The van der Waals surface area contributed by atoms with Crippen LogP contribution in [-0.2, 0) is 18.3 Å². The van der Waals surface area contributed by atoms with E-state index in [4.69, 9.17) is 10.7 Å². The van der Waals surface area contributed by atoms with Gasteiger partial charge in [0.2, 0.25) is 0 Å². The number of hydrogen-bond acceptors (Lipinski definition) is 5. The summed E-state index contributed by atoms with van der Waals surface area (Å²) < 4.78 is 0. The molecule has 0 amide bonds. The third-order valence-electron chi connectivity index (χ3n) is 6.89. The van der Waals surface area contributed by atoms with Gasteiger partial charge in [-0.3, -0.25) is 0 Å². The fourth-order valence-corrected chi connectivity index (χ4v) is 5.40. The van der Waals surface area contributed by atoms with Crippen LogP contribution in [0.25, 0.3) is 0 Å². The van der Waals surface area contributed by atoms with Crippen molar-refractivity contribution < 1.29 is 0 Å². The van der Waals surface area contributed by atoms with E-state index in [1.807, 2.05) is 0 Å². The fourth-order valence-electron chi connectivity index (χ4n) is 5.40. The summed E-state index contributed by atoms with van der Waals surface area (Å²) in [5, 5.41) is 3.55. The predicted molar refractivity (Wildman–Crippen MR) is 109 cm³/mol. The molecule has 27 heavy (non-hydrogen) atoms. The molecule has 1 saturated heterocycles. The van der Waals surface area contributed by atoms with Crippen LogP contribution < -0.4 is 16.0 Å². The molecule has 1 aliphatic carbocycles. The summed E-state index contributed by atoms with van der Waals surface area (Å²) in [6, 6.07) is 6.99. The molecule has 1 atom stereocenters. The van der Waals surface area contributed by atoms with Crippen LogP contribution in [0.1, 0.15) is 54.5 Å². The third-order valence-corrected chi connectivity index (χ3v) is 6.89. The SMILES string of the molecule is C[C@@H]1CCc2ncnc(N3CC4(CCNCC4)c4cc(CCN)ccc43)c21. The first kappa shape index (κ1) is 17.1. The van der Waals surface area contributed by atoms with Crippen molar-refractivity contribution in [1.82, 2.24) is 15.3 Å². The summed E-state index contributed by atoms with van der Waals surface area (Å²) in [7, 11) is 0. The van der Waals surface area contributed by atoms with Gasteiger partial charge in [0.1, 0.15) is 12.1 Å². The van der Waals surface area contributed by atoms with Gasteiger partial charge in [0, 0.05) is 28.9 Å². The highest BCUT2D eigenvalue weighted by Gasteiger charge is 2.45. The maximum absolute atomic E-state index is 5.83. The second-order valence-corrected chi connectivity index (χ2v) is 8.50. The van der Waals surface area contributed by atoms with E-state index >= 15 is 0 Å². The summed E-state index contributed by atoms with van der Waals surface area (Å²) in [6.07, 6.45) is 7.35. The summed E-state index contributed by atoms with van der Waals surface area (Å²) in [6.45, 7) is 6.24. The highest BCUT2D eigenvalue weighted by atomic mass is 15.2. The summed E-state index contributed by atoms with van der Waals surface area (Å²) in [5.74, 6) is 1.69. The molecule has 0 radical (unpaired) electrons. The normalized spacial score (nSPS) is 22.9. The van der Waals surface area contributed by atoms with Crippen molar-refractivity contribution >= 4 is 11.5 Å². The van der Waals surface area contributed by atoms with E-state index in [0.717, 1.165) is 38.3 Å². The lowest BCUT2D eigenvalue weighted by Gasteiger charge is -2.35. The van der Waals surface area contributed by atoms with E-state index in [9.17, 15) is 0 Å². The Balaban J connectivity index is 1.64. The van der Waals surface area contributed by atoms with E-state index in [0.29, 0.717) is 12.5 Å². The van der Waals surface area contributed by atoms with Crippen molar-refractivity contribution in [2.24, 2.45) is 5.73 Å². The number of aromatic nitrogens is 2. The fraction of sp³-hybridized carbons (Fsp3) is 0.545. The molecule has 0 unspecified atom stereocenters. The lowest BCUT2D eigenvalue weighted by Crippen LogP contribution is -2.42. The van der Waals surface area contributed by atoms with Crippen LogP contribution in [-0.4, -0.2) is 36.1 Å². The number of rotatable bonds is 3. The lowest BCUT2D eigenvalue weighted by molar-refractivity contribution is 0.329. The Morgan fingerprint density at radius 3 is 2.93 bits per heavy atom. The number of nitrogens with one attached hydrogen (secondary N) is 1. The highest BCUT2D eigenvalue weighted by molar-refractivity contribution is 5.74. The highest BCUT2D eigenvalue weighted by Crippen LogP contribution is 2.51. The maximum Gasteiger partial charge on any atom is 0.140 e. The van der Waals surface area contributed by atoms with Crippen molar-refractivity contribution in [3.8, 4) is 0 Å². The molecule has 3 N–H and O–H groups in total. The standard InChI is InChI=1S/C22H29N5/c1-15-2-4-18-20(15)21(26-14-25-18)27-13-22(7-10-24-11-8-22)17-12-16(6-9-23)3-5-19(17)27/h3,5,12,14-15,24H,2,4,6-11,13,23H2,1H3/t15-/m1/s1. The van der Waals surface area contributed by atoms with Crippen molar-refractivity contribution in [2.45, 2.75) is 50.4 Å². The van der Waals surface area contributed by atoms with Crippen molar-refractivity contribution in [3.63, 3.8) is 0 Å². The Kier molecular flexibility index (Phi) is 4.17. The minimum atomic E-state index is 0.227. The first-order chi connectivity index (χ1) is 13.2. The maximum atomic E-state index is 5.83. The predicted octanol–water partition coefficient (Wildman–Crippen LogP) is 2.80. The van der Waals surface area contributed by atoms with Crippen LogP contribution in [0.3, 0.4) is 0 Å². The molecule has 1 spiro atoms. The van der Waals surface area contributed by atoms with Gasteiger partial charge in [-0.2, -0.15) is 0 Å². The van der Waals surface area contributed by atoms with Crippen LogP contribution in [0.4, 0.5) is 11.5 Å². The molecular formula is C22H29N5. The number of fused-ring (bicyclic) bond motifs is 3. The topological polar surface area (TPSA) is 67.1 Å². The molecule has 3 aliphatic rings. The quantitative estimate of drug-likeness (QED) is 0.878. The van der Waals surface area contributed by atoms with E-state index in [1.54, 1.807) is 6.33 Å². The molecule has 1 fully saturated rings. The van der Waals surface area contributed by atoms with Gasteiger partial charge in [-0.15, -0.1) is 0 Å². The van der Waals surface area contributed by atoms with Gasteiger partial charge in [0.15, 0.2) is 0 Å². The smallest absolute Gasteiger partial charge is 0.140 e. The van der Waals surface area contributed by atoms with Gasteiger partial charge in [-0.1, -0.05) is 19.1 Å². The van der Waals surface area contributed by atoms with E-state index in [2.05, 4.69) is 40.3 Å². The van der Waals surface area contributed by atoms with Gasteiger partial charge >= 0.3 is 0 Å². The Bertz CT molecular complexity index is 856. The molecule has 2 aromatic rings. The molecule has 5 heteroatoms. The van der Waals surface area contributed by atoms with Gasteiger partial charge < -0.3 is 16.0 Å². The van der Waals surface area contributed by atoms with E-state index in [-0.39, 0.29) is 5.41 Å². The average molecular weight is 364 g/mol. The average Bonchev–Trinajstić information content (AvgIpc) is 3.22. The van der Waals surface area contributed by atoms with Gasteiger partial charge in [0.05, 0.1) is 0 Å². The van der Waals surface area contributed by atoms with Crippen LogP contribution in [0.15, 0.2) is 24.5 Å². The zero-order chi connectivity index (χ0) is 18.4. The lowest BCUT2D eigenvalue weighted by atomic mass is 9.74. The molecule has 3 heterocycles. The van der Waals surface area contributed by atoms with Gasteiger partial charge in [-0.25, -0.2) is 9.97 Å². The first-order valence-corrected chi connectivity index (χ1v) is 10.4. The second-order valence-electron chi connectivity index (χ2n) is 8.50. The molecule has 1 aromatic heterocycles. The Labute approximate surface area is 161 Å². The van der Waals surface area contributed by atoms with Gasteiger partial charge in [-0.05, 0) is 74.8 Å². The molecule has 142 valence electrons. The summed E-state index contributed by atoms with van der Waals surface area (Å²) in [5.41, 5.74) is 12.9. The van der Waals surface area contributed by atoms with Crippen LogP contribution >= 0.6 is 0 Å². The zero-order valence-corrected chi connectivity index (χ0v) is 16.2.